The number of hydrogen-bond acceptors (Lipinski definition) is 4. The summed E-state index contributed by atoms with van der Waals surface area (Å²) in [5.74, 6) is 1.85. The molecular weight excluding hydrogens is 503 g/mol. The predicted octanol–water partition coefficient (Wildman–Crippen LogP) is 3.79. The molecule has 7 heteroatoms. The van der Waals surface area contributed by atoms with Gasteiger partial charge in [-0.05, 0) is 70.3 Å². The van der Waals surface area contributed by atoms with Gasteiger partial charge in [0.25, 0.3) is 0 Å². The van der Waals surface area contributed by atoms with Gasteiger partial charge in [0.2, 0.25) is 0 Å². The summed E-state index contributed by atoms with van der Waals surface area (Å²) in [4.78, 5) is 7.57. The van der Waals surface area contributed by atoms with Gasteiger partial charge in [-0.1, -0.05) is 18.6 Å². The summed E-state index contributed by atoms with van der Waals surface area (Å²) in [6.07, 6.45) is 6.04. The monoisotopic (exact) mass is 544 g/mol. The highest BCUT2D eigenvalue weighted by atomic mass is 127. The molecule has 2 N–H and O–H groups in total. The van der Waals surface area contributed by atoms with Crippen molar-refractivity contribution >= 4 is 29.9 Å². The van der Waals surface area contributed by atoms with Crippen molar-refractivity contribution in [2.24, 2.45) is 4.99 Å². The number of halogens is 1. The smallest absolute Gasteiger partial charge is 0.191 e. The van der Waals surface area contributed by atoms with E-state index in [1.807, 2.05) is 6.92 Å². The molecule has 176 valence electrons. The molecule has 1 aromatic rings. The lowest BCUT2D eigenvalue weighted by Gasteiger charge is -2.36. The molecule has 2 aliphatic rings. The van der Waals surface area contributed by atoms with E-state index in [-0.39, 0.29) is 29.4 Å². The first-order chi connectivity index (χ1) is 14.8. The van der Waals surface area contributed by atoms with E-state index >= 15 is 0 Å². The summed E-state index contributed by atoms with van der Waals surface area (Å²) >= 11 is 0. The van der Waals surface area contributed by atoms with E-state index in [0.29, 0.717) is 6.61 Å². The summed E-state index contributed by atoms with van der Waals surface area (Å²) in [6.45, 7) is 12.5. The van der Waals surface area contributed by atoms with Crippen molar-refractivity contribution in [3.05, 3.63) is 29.8 Å². The number of guanidine groups is 1. The Kier molecular flexibility index (Phi) is 12.0. The predicted molar refractivity (Wildman–Crippen MR) is 139 cm³/mol. The molecule has 2 aliphatic heterocycles. The van der Waals surface area contributed by atoms with Crippen LogP contribution in [0.3, 0.4) is 0 Å². The summed E-state index contributed by atoms with van der Waals surface area (Å²) in [7, 11) is 0. The van der Waals surface area contributed by atoms with Gasteiger partial charge in [-0.2, -0.15) is 0 Å². The van der Waals surface area contributed by atoms with Crippen LogP contribution >= 0.6 is 24.0 Å². The van der Waals surface area contributed by atoms with Gasteiger partial charge in [0.15, 0.2) is 5.96 Å². The standard InChI is InChI=1S/C24H40N4O2.HI/c1-3-25-23(26-14-17-28-15-6-5-7-16-28)27-20-24(12-18-29-19-13-24)21-8-10-22(11-9-21)30-4-2;/h8-11H,3-7,12-20H2,1-2H3,(H2,25,26,27);1H. The van der Waals surface area contributed by atoms with Crippen LogP contribution in [0, 0.1) is 0 Å². The Morgan fingerprint density at radius 3 is 2.42 bits per heavy atom. The maximum Gasteiger partial charge on any atom is 0.191 e. The number of piperidine rings is 1. The third kappa shape index (κ3) is 8.09. The van der Waals surface area contributed by atoms with Gasteiger partial charge in [0.05, 0.1) is 13.2 Å². The van der Waals surface area contributed by atoms with Crippen molar-refractivity contribution < 1.29 is 9.47 Å². The van der Waals surface area contributed by atoms with E-state index in [2.05, 4.69) is 46.7 Å². The third-order valence-electron chi connectivity index (χ3n) is 6.28. The maximum atomic E-state index is 5.68. The number of rotatable bonds is 9. The summed E-state index contributed by atoms with van der Waals surface area (Å²) < 4.78 is 11.3. The first kappa shape index (κ1) is 26.2. The van der Waals surface area contributed by atoms with Gasteiger partial charge in [-0.25, -0.2) is 0 Å². The fourth-order valence-electron chi connectivity index (χ4n) is 4.46. The van der Waals surface area contributed by atoms with Crippen molar-refractivity contribution in [3.8, 4) is 5.75 Å². The van der Waals surface area contributed by atoms with Gasteiger partial charge in [-0.3, -0.25) is 4.99 Å². The Hall–Kier alpha value is -1.06. The average Bonchev–Trinajstić information content (AvgIpc) is 2.79. The molecule has 31 heavy (non-hydrogen) atoms. The molecule has 0 radical (unpaired) electrons. The first-order valence-electron chi connectivity index (χ1n) is 11.8. The van der Waals surface area contributed by atoms with Gasteiger partial charge in [0, 0.05) is 38.3 Å². The molecule has 3 rings (SSSR count). The molecule has 0 aliphatic carbocycles. The quantitative estimate of drug-likeness (QED) is 0.282. The minimum atomic E-state index is 0. The van der Waals surface area contributed by atoms with Crippen LogP contribution in [-0.4, -0.2) is 69.9 Å². The fourth-order valence-corrected chi connectivity index (χ4v) is 4.46. The zero-order valence-corrected chi connectivity index (χ0v) is 21.7. The molecule has 0 saturated carbocycles. The Labute approximate surface area is 205 Å². The molecule has 0 spiro atoms. The molecular formula is C24H41IN4O2. The van der Waals surface area contributed by atoms with Crippen molar-refractivity contribution in [1.82, 2.24) is 15.5 Å². The highest BCUT2D eigenvalue weighted by Gasteiger charge is 2.34. The van der Waals surface area contributed by atoms with E-state index in [1.54, 1.807) is 0 Å². The van der Waals surface area contributed by atoms with Crippen molar-refractivity contribution in [3.63, 3.8) is 0 Å². The van der Waals surface area contributed by atoms with Crippen molar-refractivity contribution in [1.29, 1.82) is 0 Å². The molecule has 2 fully saturated rings. The maximum absolute atomic E-state index is 5.68. The molecule has 1 aromatic carbocycles. The largest absolute Gasteiger partial charge is 0.494 e. The van der Waals surface area contributed by atoms with E-state index in [4.69, 9.17) is 14.5 Å². The molecule has 2 saturated heterocycles. The lowest BCUT2D eigenvalue weighted by atomic mass is 9.74. The average molecular weight is 545 g/mol. The topological polar surface area (TPSA) is 58.1 Å². The minimum Gasteiger partial charge on any atom is -0.494 e. The molecule has 0 bridgehead atoms. The molecule has 0 amide bonds. The third-order valence-corrected chi connectivity index (χ3v) is 6.28. The van der Waals surface area contributed by atoms with E-state index in [1.165, 1.54) is 37.9 Å². The van der Waals surface area contributed by atoms with Gasteiger partial charge in [0.1, 0.15) is 5.75 Å². The summed E-state index contributed by atoms with van der Waals surface area (Å²) in [5.41, 5.74) is 1.36. The Balaban J connectivity index is 0.00000341. The normalized spacial score (nSPS) is 19.4. The Morgan fingerprint density at radius 1 is 1.06 bits per heavy atom. The number of likely N-dealkylation sites (tertiary alicyclic amines) is 1. The number of hydrogen-bond donors (Lipinski definition) is 2. The fraction of sp³-hybridized carbons (Fsp3) is 0.708. The van der Waals surface area contributed by atoms with Crippen LogP contribution in [0.2, 0.25) is 0 Å². The molecule has 6 nitrogen and oxygen atoms in total. The number of aliphatic imine (C=N–C) groups is 1. The zero-order valence-electron chi connectivity index (χ0n) is 19.3. The van der Waals surface area contributed by atoms with Crippen LogP contribution in [0.25, 0.3) is 0 Å². The summed E-state index contributed by atoms with van der Waals surface area (Å²) in [6, 6.07) is 8.59. The Morgan fingerprint density at radius 2 is 1.77 bits per heavy atom. The Bertz CT molecular complexity index is 641. The number of nitrogens with zero attached hydrogens (tertiary/aromatic N) is 2. The van der Waals surface area contributed by atoms with E-state index < -0.39 is 0 Å². The van der Waals surface area contributed by atoms with Crippen molar-refractivity contribution in [2.75, 3.05) is 59.1 Å². The van der Waals surface area contributed by atoms with Crippen LogP contribution in [-0.2, 0) is 10.2 Å². The molecule has 0 aromatic heterocycles. The van der Waals surface area contributed by atoms with Crippen LogP contribution in [0.5, 0.6) is 5.75 Å². The minimum absolute atomic E-state index is 0. The highest BCUT2D eigenvalue weighted by Crippen LogP contribution is 2.36. The second kappa shape index (κ2) is 14.2. The van der Waals surface area contributed by atoms with Crippen molar-refractivity contribution in [2.45, 2.75) is 51.4 Å². The molecule has 0 unspecified atom stereocenters. The SMILES string of the molecule is CCNC(=NCC1(c2ccc(OCC)cc2)CCOCC1)NCCN1CCCCC1.I. The lowest BCUT2D eigenvalue weighted by Crippen LogP contribution is -2.44. The highest BCUT2D eigenvalue weighted by molar-refractivity contribution is 14.0. The molecule has 2 heterocycles. The number of nitrogens with one attached hydrogen (secondary N) is 2. The van der Waals surface area contributed by atoms with Gasteiger partial charge < -0.3 is 25.0 Å². The van der Waals surface area contributed by atoms with E-state index in [9.17, 15) is 0 Å². The lowest BCUT2D eigenvalue weighted by molar-refractivity contribution is 0.0531. The van der Waals surface area contributed by atoms with Gasteiger partial charge >= 0.3 is 0 Å². The number of benzene rings is 1. The zero-order chi connectivity index (χ0) is 21.1. The second-order valence-electron chi connectivity index (χ2n) is 8.37. The second-order valence-corrected chi connectivity index (χ2v) is 8.37. The summed E-state index contributed by atoms with van der Waals surface area (Å²) in [5, 5.41) is 6.97. The van der Waals surface area contributed by atoms with Crippen LogP contribution in [0.4, 0.5) is 0 Å². The van der Waals surface area contributed by atoms with Crippen LogP contribution in [0.15, 0.2) is 29.3 Å². The van der Waals surface area contributed by atoms with E-state index in [0.717, 1.165) is 63.9 Å². The first-order valence-corrected chi connectivity index (χ1v) is 11.8. The van der Waals surface area contributed by atoms with Crippen LogP contribution in [0.1, 0.15) is 51.5 Å². The van der Waals surface area contributed by atoms with Gasteiger partial charge in [-0.15, -0.1) is 24.0 Å². The number of ether oxygens (including phenoxy) is 2. The molecule has 0 atom stereocenters. The van der Waals surface area contributed by atoms with Crippen LogP contribution < -0.4 is 15.4 Å².